The molecule has 0 saturated carbocycles. The van der Waals surface area contributed by atoms with Gasteiger partial charge in [0.2, 0.25) is 5.91 Å². The van der Waals surface area contributed by atoms with Crippen molar-refractivity contribution in [2.24, 2.45) is 0 Å². The Morgan fingerprint density at radius 3 is 2.96 bits per heavy atom. The number of nitrogens with zero attached hydrogens (tertiary/aromatic N) is 1. The first-order chi connectivity index (χ1) is 11.6. The van der Waals surface area contributed by atoms with E-state index in [-0.39, 0.29) is 11.7 Å². The third-order valence-electron chi connectivity index (χ3n) is 4.01. The van der Waals surface area contributed by atoms with Crippen molar-refractivity contribution in [3.63, 3.8) is 0 Å². The average molecular weight is 347 g/mol. The first-order valence-corrected chi connectivity index (χ1v) is 9.04. The molecule has 0 spiro atoms. The molecule has 1 aliphatic rings. The minimum atomic E-state index is -0.618. The molecule has 0 fully saturated rings. The van der Waals surface area contributed by atoms with E-state index in [9.17, 15) is 9.59 Å². The second-order valence-corrected chi connectivity index (χ2v) is 7.07. The molecular formula is C17H21N3O3S. The number of fused-ring (bicyclic) bond motifs is 1. The fourth-order valence-electron chi connectivity index (χ4n) is 2.70. The first-order valence-electron chi connectivity index (χ1n) is 8.23. The van der Waals surface area contributed by atoms with Crippen LogP contribution >= 0.6 is 11.3 Å². The van der Waals surface area contributed by atoms with Crippen LogP contribution in [0.1, 0.15) is 45.9 Å². The van der Waals surface area contributed by atoms with E-state index < -0.39 is 11.9 Å². The summed E-state index contributed by atoms with van der Waals surface area (Å²) in [4.78, 5) is 30.0. The number of carbonyl (C=O) groups is 2. The molecule has 0 radical (unpaired) electrons. The second-order valence-electron chi connectivity index (χ2n) is 5.90. The van der Waals surface area contributed by atoms with Gasteiger partial charge in [-0.15, -0.1) is 11.3 Å². The molecule has 24 heavy (non-hydrogen) atoms. The number of amides is 2. The van der Waals surface area contributed by atoms with Crippen LogP contribution in [0.2, 0.25) is 0 Å². The predicted octanol–water partition coefficient (Wildman–Crippen LogP) is 2.09. The van der Waals surface area contributed by atoms with E-state index >= 15 is 0 Å². The molecule has 0 bridgehead atoms. The standard InChI is InChI=1S/C17H21N3O3S/c1-11(19-17(22)13-6-4-10-23-13)16(21)18-9-8-15-20-12-5-2-3-7-14(12)24-15/h4,6,10-11H,2-3,5,7-9H2,1H3,(H,18,21)(H,19,22)/t11-/m0/s1. The number of hydrogen-bond donors (Lipinski definition) is 2. The molecule has 0 unspecified atom stereocenters. The molecule has 6 nitrogen and oxygen atoms in total. The summed E-state index contributed by atoms with van der Waals surface area (Å²) in [5, 5.41) is 6.54. The number of aromatic nitrogens is 1. The van der Waals surface area contributed by atoms with Gasteiger partial charge in [-0.1, -0.05) is 0 Å². The fourth-order valence-corrected chi connectivity index (χ4v) is 3.86. The molecule has 2 aromatic rings. The smallest absolute Gasteiger partial charge is 0.287 e. The fraction of sp³-hybridized carbons (Fsp3) is 0.471. The molecule has 2 amide bonds. The Balaban J connectivity index is 1.43. The summed E-state index contributed by atoms with van der Waals surface area (Å²) >= 11 is 1.76. The van der Waals surface area contributed by atoms with Crippen LogP contribution in [0.25, 0.3) is 0 Å². The van der Waals surface area contributed by atoms with Gasteiger partial charge in [0.15, 0.2) is 5.76 Å². The van der Waals surface area contributed by atoms with Gasteiger partial charge < -0.3 is 15.1 Å². The highest BCUT2D eigenvalue weighted by atomic mass is 32.1. The molecule has 2 aromatic heterocycles. The number of rotatable bonds is 6. The monoisotopic (exact) mass is 347 g/mol. The Bertz CT molecular complexity index is 685. The molecule has 3 rings (SSSR count). The Morgan fingerprint density at radius 2 is 2.21 bits per heavy atom. The third kappa shape index (κ3) is 4.03. The summed E-state index contributed by atoms with van der Waals surface area (Å²) in [5.74, 6) is -0.408. The zero-order valence-electron chi connectivity index (χ0n) is 13.6. The summed E-state index contributed by atoms with van der Waals surface area (Å²) in [6.45, 7) is 2.17. The van der Waals surface area contributed by atoms with E-state index in [0.717, 1.165) is 24.3 Å². The van der Waals surface area contributed by atoms with Gasteiger partial charge >= 0.3 is 0 Å². The van der Waals surface area contributed by atoms with E-state index in [4.69, 9.17) is 4.42 Å². The van der Waals surface area contributed by atoms with Gasteiger partial charge in [0.1, 0.15) is 6.04 Å². The Labute approximate surface area is 144 Å². The summed E-state index contributed by atoms with van der Waals surface area (Å²) in [7, 11) is 0. The van der Waals surface area contributed by atoms with Crippen LogP contribution in [-0.2, 0) is 24.1 Å². The molecule has 0 aliphatic heterocycles. The van der Waals surface area contributed by atoms with Crippen LogP contribution in [-0.4, -0.2) is 29.4 Å². The van der Waals surface area contributed by atoms with Crippen molar-refractivity contribution in [2.45, 2.75) is 45.1 Å². The molecular weight excluding hydrogens is 326 g/mol. The Morgan fingerprint density at radius 1 is 1.38 bits per heavy atom. The molecule has 2 N–H and O–H groups in total. The van der Waals surface area contributed by atoms with Crippen molar-refractivity contribution in [1.29, 1.82) is 0 Å². The highest BCUT2D eigenvalue weighted by Gasteiger charge is 2.18. The van der Waals surface area contributed by atoms with Gasteiger partial charge in [0, 0.05) is 17.8 Å². The lowest BCUT2D eigenvalue weighted by molar-refractivity contribution is -0.122. The van der Waals surface area contributed by atoms with Crippen LogP contribution in [0, 0.1) is 0 Å². The first kappa shape index (κ1) is 16.7. The van der Waals surface area contributed by atoms with Crippen molar-refractivity contribution in [3.05, 3.63) is 39.7 Å². The summed E-state index contributed by atoms with van der Waals surface area (Å²) in [6.07, 6.45) is 6.83. The quantitative estimate of drug-likeness (QED) is 0.838. The second kappa shape index (κ2) is 7.61. The summed E-state index contributed by atoms with van der Waals surface area (Å²) in [5.41, 5.74) is 1.24. The maximum Gasteiger partial charge on any atom is 0.287 e. The van der Waals surface area contributed by atoms with Crippen LogP contribution in [0.4, 0.5) is 0 Å². The minimum Gasteiger partial charge on any atom is -0.459 e. The maximum atomic E-state index is 12.1. The molecule has 2 heterocycles. The number of thiazole rings is 1. The van der Waals surface area contributed by atoms with Gasteiger partial charge in [-0.05, 0) is 44.7 Å². The number of aryl methyl sites for hydroxylation is 2. The topological polar surface area (TPSA) is 84.2 Å². The number of nitrogens with one attached hydrogen (secondary N) is 2. The minimum absolute atomic E-state index is 0.197. The largest absolute Gasteiger partial charge is 0.459 e. The van der Waals surface area contributed by atoms with E-state index in [1.165, 1.54) is 29.7 Å². The lowest BCUT2D eigenvalue weighted by Gasteiger charge is -2.12. The normalized spacial score (nSPS) is 14.7. The zero-order valence-corrected chi connectivity index (χ0v) is 14.4. The van der Waals surface area contributed by atoms with E-state index in [2.05, 4.69) is 15.6 Å². The highest BCUT2D eigenvalue weighted by Crippen LogP contribution is 2.26. The molecule has 1 atom stereocenters. The number of hydrogen-bond acceptors (Lipinski definition) is 5. The number of carbonyl (C=O) groups excluding carboxylic acids is 2. The molecule has 1 aliphatic carbocycles. The van der Waals surface area contributed by atoms with Crippen LogP contribution in [0.3, 0.4) is 0 Å². The highest BCUT2D eigenvalue weighted by molar-refractivity contribution is 7.11. The summed E-state index contributed by atoms with van der Waals surface area (Å²) < 4.78 is 5.00. The van der Waals surface area contributed by atoms with Gasteiger partial charge in [0.25, 0.3) is 5.91 Å². The van der Waals surface area contributed by atoms with Crippen molar-refractivity contribution in [3.8, 4) is 0 Å². The van der Waals surface area contributed by atoms with Crippen molar-refractivity contribution >= 4 is 23.2 Å². The summed E-state index contributed by atoms with van der Waals surface area (Å²) in [6, 6.07) is 2.57. The molecule has 0 saturated heterocycles. The van der Waals surface area contributed by atoms with Gasteiger partial charge in [-0.2, -0.15) is 0 Å². The molecule has 7 heteroatoms. The maximum absolute atomic E-state index is 12.1. The van der Waals surface area contributed by atoms with E-state index in [1.54, 1.807) is 30.4 Å². The third-order valence-corrected chi connectivity index (χ3v) is 5.23. The lowest BCUT2D eigenvalue weighted by atomic mass is 10.0. The average Bonchev–Trinajstić information content (AvgIpc) is 3.23. The van der Waals surface area contributed by atoms with Gasteiger partial charge in [-0.3, -0.25) is 9.59 Å². The van der Waals surface area contributed by atoms with E-state index in [0.29, 0.717) is 6.54 Å². The van der Waals surface area contributed by atoms with Crippen LogP contribution in [0.15, 0.2) is 22.8 Å². The molecule has 128 valence electrons. The zero-order chi connectivity index (χ0) is 16.9. The van der Waals surface area contributed by atoms with Crippen LogP contribution < -0.4 is 10.6 Å². The van der Waals surface area contributed by atoms with Crippen LogP contribution in [0.5, 0.6) is 0 Å². The van der Waals surface area contributed by atoms with Gasteiger partial charge in [0.05, 0.1) is 17.0 Å². The lowest BCUT2D eigenvalue weighted by Crippen LogP contribution is -2.45. The van der Waals surface area contributed by atoms with Crippen molar-refractivity contribution < 1.29 is 14.0 Å². The Kier molecular flexibility index (Phi) is 5.30. The van der Waals surface area contributed by atoms with Crippen molar-refractivity contribution in [1.82, 2.24) is 15.6 Å². The van der Waals surface area contributed by atoms with Gasteiger partial charge in [-0.25, -0.2) is 4.98 Å². The van der Waals surface area contributed by atoms with Crippen molar-refractivity contribution in [2.75, 3.05) is 6.54 Å². The molecule has 0 aromatic carbocycles. The number of furan rings is 1. The Hall–Kier alpha value is -2.15. The SMILES string of the molecule is C[C@H](NC(=O)c1ccco1)C(=O)NCCc1nc2c(s1)CCCC2. The predicted molar refractivity (Wildman–Crippen MR) is 91.1 cm³/mol. The van der Waals surface area contributed by atoms with E-state index in [1.807, 2.05) is 0 Å².